The molecule has 1 amide bonds. The van der Waals surface area contributed by atoms with Crippen molar-refractivity contribution in [1.82, 2.24) is 5.32 Å². The summed E-state index contributed by atoms with van der Waals surface area (Å²) >= 11 is 0. The minimum absolute atomic E-state index is 0.0886. The van der Waals surface area contributed by atoms with Crippen LogP contribution in [0.2, 0.25) is 0 Å². The number of carbonyl (C=O) groups excluding carboxylic acids is 1. The van der Waals surface area contributed by atoms with Crippen molar-refractivity contribution in [3.05, 3.63) is 29.8 Å². The van der Waals surface area contributed by atoms with E-state index in [-0.39, 0.29) is 11.9 Å². The molecule has 2 atom stereocenters. The Morgan fingerprint density at radius 1 is 1.44 bits per heavy atom. The highest BCUT2D eigenvalue weighted by Crippen LogP contribution is 2.28. The molecule has 98 valence electrons. The number of amides is 1. The van der Waals surface area contributed by atoms with Gasteiger partial charge in [-0.05, 0) is 31.9 Å². The van der Waals surface area contributed by atoms with Gasteiger partial charge in [-0.3, -0.25) is 4.79 Å². The van der Waals surface area contributed by atoms with Crippen molar-refractivity contribution in [3.8, 4) is 0 Å². The minimum atomic E-state index is -0.442. The van der Waals surface area contributed by atoms with Crippen molar-refractivity contribution >= 4 is 11.6 Å². The topological polar surface area (TPSA) is 58.4 Å². The van der Waals surface area contributed by atoms with Crippen LogP contribution in [0.25, 0.3) is 0 Å². The van der Waals surface area contributed by atoms with Crippen LogP contribution in [0, 0.1) is 0 Å². The standard InChI is InChI=1S/C14H21N3O/c1-10(9-16-14(18)11(2)15)17-8-7-12-5-3-4-6-13(12)17/h3-6,10-11H,7-9,15H2,1-2H3,(H,16,18)/t10?,11-/m1/s1. The number of hydrogen-bond donors (Lipinski definition) is 2. The number of nitrogens with two attached hydrogens (primary N) is 1. The Bertz CT molecular complexity index is 431. The van der Waals surface area contributed by atoms with E-state index in [4.69, 9.17) is 5.73 Å². The van der Waals surface area contributed by atoms with Gasteiger partial charge in [0.15, 0.2) is 0 Å². The Hall–Kier alpha value is -1.55. The number of nitrogens with one attached hydrogen (secondary N) is 1. The fourth-order valence-electron chi connectivity index (χ4n) is 2.34. The summed E-state index contributed by atoms with van der Waals surface area (Å²) in [7, 11) is 0. The Morgan fingerprint density at radius 3 is 2.89 bits per heavy atom. The highest BCUT2D eigenvalue weighted by atomic mass is 16.2. The average Bonchev–Trinajstić information content (AvgIpc) is 2.79. The SMILES string of the molecule is CC(CNC(=O)[C@@H](C)N)N1CCc2ccccc21. The molecule has 1 aromatic rings. The van der Waals surface area contributed by atoms with Gasteiger partial charge in [0, 0.05) is 24.8 Å². The van der Waals surface area contributed by atoms with E-state index in [0.29, 0.717) is 6.54 Å². The molecule has 1 heterocycles. The van der Waals surface area contributed by atoms with Gasteiger partial charge >= 0.3 is 0 Å². The molecule has 0 radical (unpaired) electrons. The summed E-state index contributed by atoms with van der Waals surface area (Å²) in [5.74, 6) is -0.0886. The van der Waals surface area contributed by atoms with Crippen molar-refractivity contribution in [2.75, 3.05) is 18.0 Å². The van der Waals surface area contributed by atoms with E-state index in [2.05, 4.69) is 41.4 Å². The maximum atomic E-state index is 11.5. The van der Waals surface area contributed by atoms with Crippen LogP contribution in [-0.2, 0) is 11.2 Å². The van der Waals surface area contributed by atoms with Crippen LogP contribution < -0.4 is 16.0 Å². The highest BCUT2D eigenvalue weighted by Gasteiger charge is 2.23. The van der Waals surface area contributed by atoms with Crippen LogP contribution in [-0.4, -0.2) is 31.1 Å². The van der Waals surface area contributed by atoms with Crippen molar-refractivity contribution in [3.63, 3.8) is 0 Å². The predicted molar refractivity (Wildman–Crippen MR) is 73.6 cm³/mol. The van der Waals surface area contributed by atoms with Gasteiger partial charge in [0.2, 0.25) is 5.91 Å². The van der Waals surface area contributed by atoms with Gasteiger partial charge < -0.3 is 16.0 Å². The summed E-state index contributed by atoms with van der Waals surface area (Å²) in [6.07, 6.45) is 1.09. The van der Waals surface area contributed by atoms with Crippen molar-refractivity contribution in [2.45, 2.75) is 32.4 Å². The number of carbonyl (C=O) groups is 1. The number of para-hydroxylation sites is 1. The van der Waals surface area contributed by atoms with E-state index in [1.807, 2.05) is 0 Å². The second-order valence-corrected chi connectivity index (χ2v) is 4.95. The van der Waals surface area contributed by atoms with Gasteiger partial charge in [-0.15, -0.1) is 0 Å². The second kappa shape index (κ2) is 5.40. The Balaban J connectivity index is 1.95. The Morgan fingerprint density at radius 2 is 2.17 bits per heavy atom. The Labute approximate surface area is 108 Å². The number of benzene rings is 1. The number of anilines is 1. The predicted octanol–water partition coefficient (Wildman–Crippen LogP) is 0.901. The monoisotopic (exact) mass is 247 g/mol. The molecule has 0 spiro atoms. The van der Waals surface area contributed by atoms with Crippen LogP contribution in [0.5, 0.6) is 0 Å². The molecule has 4 nitrogen and oxygen atoms in total. The van der Waals surface area contributed by atoms with Crippen LogP contribution in [0.15, 0.2) is 24.3 Å². The van der Waals surface area contributed by atoms with E-state index >= 15 is 0 Å². The zero-order chi connectivity index (χ0) is 13.1. The molecule has 0 aromatic heterocycles. The van der Waals surface area contributed by atoms with E-state index in [0.717, 1.165) is 13.0 Å². The molecule has 2 rings (SSSR count). The number of nitrogens with zero attached hydrogens (tertiary/aromatic N) is 1. The lowest BCUT2D eigenvalue weighted by Crippen LogP contribution is -2.45. The third kappa shape index (κ3) is 2.64. The molecular formula is C14H21N3O. The number of fused-ring (bicyclic) bond motifs is 1. The highest BCUT2D eigenvalue weighted by molar-refractivity contribution is 5.81. The fraction of sp³-hybridized carbons (Fsp3) is 0.500. The zero-order valence-corrected chi connectivity index (χ0v) is 11.0. The third-order valence-corrected chi connectivity index (χ3v) is 3.44. The van der Waals surface area contributed by atoms with E-state index in [9.17, 15) is 4.79 Å². The maximum absolute atomic E-state index is 11.5. The fourth-order valence-corrected chi connectivity index (χ4v) is 2.34. The molecule has 0 fully saturated rings. The summed E-state index contributed by atoms with van der Waals surface area (Å²) in [6, 6.07) is 8.30. The molecule has 4 heteroatoms. The molecule has 18 heavy (non-hydrogen) atoms. The summed E-state index contributed by atoms with van der Waals surface area (Å²) < 4.78 is 0. The van der Waals surface area contributed by atoms with E-state index < -0.39 is 6.04 Å². The normalized spacial score (nSPS) is 17.2. The van der Waals surface area contributed by atoms with Gasteiger partial charge in [0.1, 0.15) is 0 Å². The van der Waals surface area contributed by atoms with Crippen LogP contribution >= 0.6 is 0 Å². The average molecular weight is 247 g/mol. The van der Waals surface area contributed by atoms with Gasteiger partial charge in [0.05, 0.1) is 6.04 Å². The smallest absolute Gasteiger partial charge is 0.236 e. The summed E-state index contributed by atoms with van der Waals surface area (Å²) in [5.41, 5.74) is 8.21. The molecule has 0 aliphatic carbocycles. The van der Waals surface area contributed by atoms with Crippen molar-refractivity contribution < 1.29 is 4.79 Å². The van der Waals surface area contributed by atoms with Crippen molar-refractivity contribution in [1.29, 1.82) is 0 Å². The molecular weight excluding hydrogens is 226 g/mol. The third-order valence-electron chi connectivity index (χ3n) is 3.44. The lowest BCUT2D eigenvalue weighted by atomic mass is 10.2. The lowest BCUT2D eigenvalue weighted by Gasteiger charge is -2.27. The first-order valence-corrected chi connectivity index (χ1v) is 6.47. The first kappa shape index (κ1) is 12.9. The lowest BCUT2D eigenvalue weighted by molar-refractivity contribution is -0.122. The van der Waals surface area contributed by atoms with Crippen LogP contribution in [0.1, 0.15) is 19.4 Å². The molecule has 3 N–H and O–H groups in total. The molecule has 0 saturated heterocycles. The molecule has 1 aliphatic rings. The Kier molecular flexibility index (Phi) is 3.87. The number of rotatable bonds is 4. The molecule has 0 bridgehead atoms. The van der Waals surface area contributed by atoms with Gasteiger partial charge in [-0.25, -0.2) is 0 Å². The first-order valence-electron chi connectivity index (χ1n) is 6.47. The maximum Gasteiger partial charge on any atom is 0.236 e. The molecule has 1 unspecified atom stereocenters. The molecule has 1 aliphatic heterocycles. The van der Waals surface area contributed by atoms with Gasteiger partial charge in [0.25, 0.3) is 0 Å². The summed E-state index contributed by atoms with van der Waals surface area (Å²) in [4.78, 5) is 13.8. The first-order chi connectivity index (χ1) is 8.59. The minimum Gasteiger partial charge on any atom is -0.366 e. The number of hydrogen-bond acceptors (Lipinski definition) is 3. The van der Waals surface area contributed by atoms with Gasteiger partial charge in [-0.1, -0.05) is 18.2 Å². The largest absolute Gasteiger partial charge is 0.366 e. The van der Waals surface area contributed by atoms with E-state index in [1.54, 1.807) is 6.92 Å². The molecule has 0 saturated carbocycles. The zero-order valence-electron chi connectivity index (χ0n) is 11.0. The van der Waals surface area contributed by atoms with Crippen molar-refractivity contribution in [2.24, 2.45) is 5.73 Å². The molecule has 1 aromatic carbocycles. The van der Waals surface area contributed by atoms with E-state index in [1.165, 1.54) is 11.3 Å². The summed E-state index contributed by atoms with van der Waals surface area (Å²) in [5, 5.41) is 2.88. The quantitative estimate of drug-likeness (QED) is 0.831. The second-order valence-electron chi connectivity index (χ2n) is 4.95. The van der Waals surface area contributed by atoms with Crippen LogP contribution in [0.4, 0.5) is 5.69 Å². The van der Waals surface area contributed by atoms with Crippen LogP contribution in [0.3, 0.4) is 0 Å². The summed E-state index contributed by atoms with van der Waals surface area (Å²) in [6.45, 7) is 5.48. The van der Waals surface area contributed by atoms with Gasteiger partial charge in [-0.2, -0.15) is 0 Å².